The first-order chi connectivity index (χ1) is 14.7. The van der Waals surface area contributed by atoms with Gasteiger partial charge in [-0.25, -0.2) is 9.97 Å². The van der Waals surface area contributed by atoms with Gasteiger partial charge >= 0.3 is 0 Å². The van der Waals surface area contributed by atoms with Crippen molar-refractivity contribution in [1.82, 2.24) is 9.97 Å². The van der Waals surface area contributed by atoms with Gasteiger partial charge < -0.3 is 4.74 Å². The summed E-state index contributed by atoms with van der Waals surface area (Å²) >= 11 is 3.02. The van der Waals surface area contributed by atoms with Crippen LogP contribution in [0, 0.1) is 6.92 Å². The Morgan fingerprint density at radius 3 is 2.77 bits per heavy atom. The number of carbonyl (C=O) groups excluding carboxylic acids is 1. The van der Waals surface area contributed by atoms with Crippen molar-refractivity contribution in [3.8, 4) is 10.6 Å². The molecule has 30 heavy (non-hydrogen) atoms. The molecule has 152 valence electrons. The number of carbonyl (C=O) groups is 1. The third-order valence-electron chi connectivity index (χ3n) is 5.19. The van der Waals surface area contributed by atoms with E-state index in [1.54, 1.807) is 4.90 Å². The molecule has 1 aliphatic heterocycles. The van der Waals surface area contributed by atoms with E-state index in [-0.39, 0.29) is 12.0 Å². The minimum Gasteiger partial charge on any atom is -0.376 e. The Kier molecular flexibility index (Phi) is 5.33. The molecule has 7 heteroatoms. The number of hydrogen-bond acceptors (Lipinski definition) is 6. The average Bonchev–Trinajstić information content (AvgIpc) is 3.52. The molecule has 0 bridgehead atoms. The Hall–Kier alpha value is -2.61. The minimum atomic E-state index is -0.126. The van der Waals surface area contributed by atoms with E-state index in [4.69, 9.17) is 9.72 Å². The summed E-state index contributed by atoms with van der Waals surface area (Å²) < 4.78 is 6.88. The molecular weight excluding hydrogens is 414 g/mol. The zero-order valence-corrected chi connectivity index (χ0v) is 18.2. The number of nitrogens with zero attached hydrogens (tertiary/aromatic N) is 3. The Balaban J connectivity index is 1.47. The number of para-hydroxylation sites is 1. The summed E-state index contributed by atoms with van der Waals surface area (Å²) in [6.45, 7) is 3.30. The van der Waals surface area contributed by atoms with Crippen molar-refractivity contribution in [2.45, 2.75) is 25.9 Å². The number of amides is 1. The number of rotatable bonds is 5. The zero-order chi connectivity index (χ0) is 20.5. The van der Waals surface area contributed by atoms with Crippen molar-refractivity contribution in [3.05, 3.63) is 65.2 Å². The maximum absolute atomic E-state index is 13.5. The van der Waals surface area contributed by atoms with Crippen molar-refractivity contribution < 1.29 is 9.53 Å². The van der Waals surface area contributed by atoms with Crippen LogP contribution >= 0.6 is 22.7 Å². The van der Waals surface area contributed by atoms with Crippen LogP contribution in [0.1, 0.15) is 28.9 Å². The number of thiazole rings is 2. The summed E-state index contributed by atoms with van der Waals surface area (Å²) in [5, 5.41) is 3.38. The van der Waals surface area contributed by atoms with Gasteiger partial charge in [-0.3, -0.25) is 9.69 Å². The fraction of sp³-hybridized carbons (Fsp3) is 0.261. The van der Waals surface area contributed by atoms with Crippen LogP contribution in [0.25, 0.3) is 20.8 Å². The van der Waals surface area contributed by atoms with E-state index >= 15 is 0 Å². The van der Waals surface area contributed by atoms with E-state index in [1.807, 2.05) is 41.8 Å². The van der Waals surface area contributed by atoms with E-state index in [0.29, 0.717) is 17.4 Å². The van der Waals surface area contributed by atoms with Gasteiger partial charge in [-0.05, 0) is 31.9 Å². The lowest BCUT2D eigenvalue weighted by molar-refractivity contribution is 0.0914. The van der Waals surface area contributed by atoms with Gasteiger partial charge in [0.15, 0.2) is 5.13 Å². The van der Waals surface area contributed by atoms with Crippen molar-refractivity contribution in [1.29, 1.82) is 0 Å². The lowest BCUT2D eigenvalue weighted by atomic mass is 10.2. The van der Waals surface area contributed by atoms with E-state index in [9.17, 15) is 4.79 Å². The lowest BCUT2D eigenvalue weighted by Crippen LogP contribution is -2.37. The highest BCUT2D eigenvalue weighted by Crippen LogP contribution is 2.32. The van der Waals surface area contributed by atoms with Crippen molar-refractivity contribution in [2.75, 3.05) is 18.1 Å². The molecule has 0 saturated carbocycles. The van der Waals surface area contributed by atoms with Crippen LogP contribution in [0.4, 0.5) is 5.13 Å². The Labute approximate surface area is 183 Å². The van der Waals surface area contributed by atoms with E-state index < -0.39 is 0 Å². The molecule has 0 aliphatic carbocycles. The third-order valence-corrected chi connectivity index (χ3v) is 7.14. The first-order valence-electron chi connectivity index (χ1n) is 9.99. The summed E-state index contributed by atoms with van der Waals surface area (Å²) in [4.78, 5) is 24.6. The quantitative estimate of drug-likeness (QED) is 0.412. The van der Waals surface area contributed by atoms with Gasteiger partial charge in [0, 0.05) is 17.6 Å². The predicted octanol–water partition coefficient (Wildman–Crippen LogP) is 5.55. The number of aryl methyl sites for hydroxylation is 1. The fourth-order valence-corrected chi connectivity index (χ4v) is 5.33. The normalized spacial score (nSPS) is 16.2. The van der Waals surface area contributed by atoms with Gasteiger partial charge in [0.05, 0.1) is 22.9 Å². The maximum Gasteiger partial charge on any atom is 0.279 e. The molecule has 5 rings (SSSR count). The number of ether oxygens (including phenoxy) is 1. The van der Waals surface area contributed by atoms with Gasteiger partial charge in [0.2, 0.25) is 0 Å². The molecular formula is C23H21N3O2S2. The van der Waals surface area contributed by atoms with Crippen LogP contribution in [0.5, 0.6) is 0 Å². The largest absolute Gasteiger partial charge is 0.376 e. The molecule has 5 nitrogen and oxygen atoms in total. The van der Waals surface area contributed by atoms with Gasteiger partial charge in [-0.1, -0.05) is 53.3 Å². The molecule has 3 heterocycles. The fourth-order valence-electron chi connectivity index (χ4n) is 3.55. The molecule has 4 aromatic rings. The number of anilines is 1. The highest BCUT2D eigenvalue weighted by Gasteiger charge is 2.28. The highest BCUT2D eigenvalue weighted by atomic mass is 32.1. The summed E-state index contributed by atoms with van der Waals surface area (Å²) in [6, 6.07) is 16.2. The van der Waals surface area contributed by atoms with Gasteiger partial charge in [-0.2, -0.15) is 0 Å². The van der Waals surface area contributed by atoms with E-state index in [0.717, 1.165) is 40.2 Å². The van der Waals surface area contributed by atoms with Crippen LogP contribution in [0.3, 0.4) is 0 Å². The monoisotopic (exact) mass is 435 g/mol. The number of fused-ring (bicyclic) bond motifs is 1. The Morgan fingerprint density at radius 1 is 1.17 bits per heavy atom. The van der Waals surface area contributed by atoms with Gasteiger partial charge in [0.1, 0.15) is 10.7 Å². The average molecular weight is 436 g/mol. The second-order valence-electron chi connectivity index (χ2n) is 7.42. The molecule has 0 N–H and O–H groups in total. The van der Waals surface area contributed by atoms with Crippen LogP contribution in [0.2, 0.25) is 0 Å². The predicted molar refractivity (Wildman–Crippen MR) is 123 cm³/mol. The second-order valence-corrected chi connectivity index (χ2v) is 9.29. The number of aromatic nitrogens is 2. The van der Waals surface area contributed by atoms with Crippen LogP contribution < -0.4 is 4.90 Å². The third kappa shape index (κ3) is 3.88. The zero-order valence-electron chi connectivity index (χ0n) is 16.6. The first kappa shape index (κ1) is 19.4. The van der Waals surface area contributed by atoms with Crippen molar-refractivity contribution in [3.63, 3.8) is 0 Å². The standard InChI is InChI=1S/C23H21N3O2S2/c1-15-8-10-16(11-9-15)21-24-19(14-29-21)22(27)26(13-17-5-4-12-28-17)23-25-18-6-2-3-7-20(18)30-23/h2-3,6-11,14,17H,4-5,12-13H2,1H3. The maximum atomic E-state index is 13.5. The van der Waals surface area contributed by atoms with E-state index in [1.165, 1.54) is 28.2 Å². The van der Waals surface area contributed by atoms with E-state index in [2.05, 4.69) is 24.0 Å². The lowest BCUT2D eigenvalue weighted by Gasteiger charge is -2.22. The van der Waals surface area contributed by atoms with Crippen LogP contribution in [0.15, 0.2) is 53.9 Å². The molecule has 1 saturated heterocycles. The molecule has 0 radical (unpaired) electrons. The summed E-state index contributed by atoms with van der Waals surface area (Å²) in [5.41, 5.74) is 3.58. The molecule has 1 amide bonds. The van der Waals surface area contributed by atoms with Gasteiger partial charge in [0.25, 0.3) is 5.91 Å². The van der Waals surface area contributed by atoms with Crippen molar-refractivity contribution >= 4 is 43.9 Å². The first-order valence-corrected chi connectivity index (χ1v) is 11.7. The van der Waals surface area contributed by atoms with Crippen molar-refractivity contribution in [2.24, 2.45) is 0 Å². The Bertz CT molecular complexity index is 1140. The summed E-state index contributed by atoms with van der Waals surface area (Å²) in [6.07, 6.45) is 2.03. The van der Waals surface area contributed by atoms with Crippen LogP contribution in [-0.4, -0.2) is 35.1 Å². The molecule has 1 fully saturated rings. The number of benzene rings is 2. The number of hydrogen-bond donors (Lipinski definition) is 0. The Morgan fingerprint density at radius 2 is 2.00 bits per heavy atom. The molecule has 2 aromatic heterocycles. The minimum absolute atomic E-state index is 0.0381. The summed E-state index contributed by atoms with van der Waals surface area (Å²) in [5.74, 6) is -0.126. The van der Waals surface area contributed by atoms with Gasteiger partial charge in [-0.15, -0.1) is 11.3 Å². The van der Waals surface area contributed by atoms with Crippen LogP contribution in [-0.2, 0) is 4.74 Å². The topological polar surface area (TPSA) is 55.3 Å². The molecule has 1 atom stereocenters. The SMILES string of the molecule is Cc1ccc(-c2nc(C(=O)N(CC3CCCO3)c3nc4ccccc4s3)cs2)cc1. The molecule has 0 spiro atoms. The molecule has 1 aliphatic rings. The highest BCUT2D eigenvalue weighted by molar-refractivity contribution is 7.22. The molecule has 2 aromatic carbocycles. The second kappa shape index (κ2) is 8.26. The molecule has 1 unspecified atom stereocenters. The smallest absolute Gasteiger partial charge is 0.279 e. The summed E-state index contributed by atoms with van der Waals surface area (Å²) in [7, 11) is 0.